The molecular formula is C18H21N3O3S2. The van der Waals surface area contributed by atoms with E-state index in [9.17, 15) is 13.2 Å². The fourth-order valence-corrected chi connectivity index (χ4v) is 5.24. The summed E-state index contributed by atoms with van der Waals surface area (Å²) in [5, 5.41) is 7.99. The van der Waals surface area contributed by atoms with Crippen molar-refractivity contribution in [2.75, 3.05) is 12.3 Å². The fourth-order valence-electron chi connectivity index (χ4n) is 2.92. The molecule has 0 aliphatic heterocycles. The number of hydrogen-bond acceptors (Lipinski definition) is 4. The number of aryl methyl sites for hydroxylation is 1. The number of para-hydroxylation sites is 1. The average molecular weight is 392 g/mol. The van der Waals surface area contributed by atoms with Crippen LogP contribution in [0.15, 0.2) is 46.7 Å². The number of fused-ring (bicyclic) bond motifs is 1. The van der Waals surface area contributed by atoms with Gasteiger partial charge in [-0.05, 0) is 24.4 Å². The van der Waals surface area contributed by atoms with Crippen molar-refractivity contribution in [1.82, 2.24) is 15.2 Å². The van der Waals surface area contributed by atoms with Gasteiger partial charge in [0.1, 0.15) is 0 Å². The predicted octanol–water partition coefficient (Wildman–Crippen LogP) is 2.82. The first-order chi connectivity index (χ1) is 12.4. The summed E-state index contributed by atoms with van der Waals surface area (Å²) in [5.41, 5.74) is 1.58. The normalized spacial score (nSPS) is 11.6. The zero-order chi connectivity index (χ0) is 18.7. The molecule has 0 spiro atoms. The number of amides is 2. The minimum Gasteiger partial charge on any atom is -0.347 e. The van der Waals surface area contributed by atoms with Gasteiger partial charge in [-0.25, -0.2) is 13.2 Å². The number of nitrogens with one attached hydrogen (secondary N) is 2. The minimum atomic E-state index is -3.51. The maximum absolute atomic E-state index is 12.8. The number of hydrogen-bond donors (Lipinski definition) is 2. The van der Waals surface area contributed by atoms with Crippen molar-refractivity contribution in [2.45, 2.75) is 18.4 Å². The van der Waals surface area contributed by atoms with Crippen molar-refractivity contribution >= 4 is 38.1 Å². The van der Waals surface area contributed by atoms with Crippen LogP contribution in [0.3, 0.4) is 0 Å². The molecule has 0 unspecified atom stereocenters. The Labute approximate surface area is 156 Å². The van der Waals surface area contributed by atoms with Crippen molar-refractivity contribution in [3.05, 3.63) is 52.3 Å². The first-order valence-corrected chi connectivity index (χ1v) is 10.7. The maximum atomic E-state index is 12.8. The molecule has 3 rings (SSSR count). The molecule has 1 aromatic carbocycles. The number of urea groups is 1. The molecule has 0 atom stereocenters. The second-order valence-corrected chi connectivity index (χ2v) is 9.08. The van der Waals surface area contributed by atoms with E-state index < -0.39 is 9.84 Å². The van der Waals surface area contributed by atoms with Gasteiger partial charge in [0, 0.05) is 35.1 Å². The molecule has 26 heavy (non-hydrogen) atoms. The van der Waals surface area contributed by atoms with Crippen LogP contribution in [-0.4, -0.2) is 31.3 Å². The van der Waals surface area contributed by atoms with Gasteiger partial charge in [-0.3, -0.25) is 0 Å². The summed E-state index contributed by atoms with van der Waals surface area (Å²) in [6.45, 7) is 2.29. The maximum Gasteiger partial charge on any atom is 0.315 e. The number of rotatable bonds is 6. The Kier molecular flexibility index (Phi) is 5.33. The van der Waals surface area contributed by atoms with E-state index in [1.165, 1.54) is 0 Å². The summed E-state index contributed by atoms with van der Waals surface area (Å²) in [5.74, 6) is -0.145. The van der Waals surface area contributed by atoms with Crippen LogP contribution in [0.2, 0.25) is 0 Å². The zero-order valence-electron chi connectivity index (χ0n) is 14.7. The van der Waals surface area contributed by atoms with Crippen LogP contribution in [0.1, 0.15) is 10.6 Å². The van der Waals surface area contributed by atoms with Gasteiger partial charge in [-0.2, -0.15) is 0 Å². The zero-order valence-corrected chi connectivity index (χ0v) is 16.3. The van der Waals surface area contributed by atoms with E-state index in [1.54, 1.807) is 18.3 Å². The predicted molar refractivity (Wildman–Crippen MR) is 104 cm³/mol. The van der Waals surface area contributed by atoms with Crippen LogP contribution >= 0.6 is 11.3 Å². The van der Waals surface area contributed by atoms with Crippen molar-refractivity contribution in [3.63, 3.8) is 0 Å². The smallest absolute Gasteiger partial charge is 0.315 e. The molecule has 0 fully saturated rings. The molecule has 0 radical (unpaired) electrons. The van der Waals surface area contributed by atoms with E-state index in [1.807, 2.05) is 53.4 Å². The van der Waals surface area contributed by atoms with E-state index in [-0.39, 0.29) is 18.3 Å². The number of benzene rings is 1. The Morgan fingerprint density at radius 2 is 1.92 bits per heavy atom. The van der Waals surface area contributed by atoms with Crippen molar-refractivity contribution in [2.24, 2.45) is 7.05 Å². The number of thiophene rings is 1. The SMILES string of the molecule is Cc1c(S(=O)(=O)CCNC(=O)NCc2cccs2)c2ccccc2n1C. The lowest BCUT2D eigenvalue weighted by molar-refractivity contribution is 0.241. The molecule has 2 aromatic heterocycles. The van der Waals surface area contributed by atoms with Gasteiger partial charge in [0.2, 0.25) is 0 Å². The highest BCUT2D eigenvalue weighted by Crippen LogP contribution is 2.29. The number of carbonyl (C=O) groups is 1. The summed E-state index contributed by atoms with van der Waals surface area (Å²) in [6.07, 6.45) is 0. The second kappa shape index (κ2) is 7.51. The summed E-state index contributed by atoms with van der Waals surface area (Å²) in [4.78, 5) is 13.2. The van der Waals surface area contributed by atoms with Crippen molar-refractivity contribution in [1.29, 1.82) is 0 Å². The number of aromatic nitrogens is 1. The molecule has 6 nitrogen and oxygen atoms in total. The molecule has 0 saturated heterocycles. The minimum absolute atomic E-state index is 0.0568. The first kappa shape index (κ1) is 18.5. The largest absolute Gasteiger partial charge is 0.347 e. The third-order valence-corrected chi connectivity index (χ3v) is 7.07. The molecule has 2 heterocycles. The molecule has 138 valence electrons. The monoisotopic (exact) mass is 391 g/mol. The molecule has 3 aromatic rings. The highest BCUT2D eigenvalue weighted by molar-refractivity contribution is 7.91. The molecule has 2 amide bonds. The lowest BCUT2D eigenvalue weighted by Crippen LogP contribution is -2.37. The molecule has 2 N–H and O–H groups in total. The number of sulfone groups is 1. The van der Waals surface area contributed by atoms with Crippen LogP contribution < -0.4 is 10.6 Å². The highest BCUT2D eigenvalue weighted by atomic mass is 32.2. The third-order valence-electron chi connectivity index (χ3n) is 4.31. The quantitative estimate of drug-likeness (QED) is 0.678. The summed E-state index contributed by atoms with van der Waals surface area (Å²) >= 11 is 1.55. The van der Waals surface area contributed by atoms with E-state index in [4.69, 9.17) is 0 Å². The molecule has 0 aliphatic rings. The van der Waals surface area contributed by atoms with Gasteiger partial charge in [-0.1, -0.05) is 24.3 Å². The van der Waals surface area contributed by atoms with Crippen LogP contribution in [-0.2, 0) is 23.4 Å². The Morgan fingerprint density at radius 3 is 2.65 bits per heavy atom. The second-order valence-electron chi connectivity index (χ2n) is 6.00. The van der Waals surface area contributed by atoms with Gasteiger partial charge in [0.05, 0.1) is 17.2 Å². The van der Waals surface area contributed by atoms with E-state index in [0.29, 0.717) is 17.1 Å². The van der Waals surface area contributed by atoms with Crippen molar-refractivity contribution < 1.29 is 13.2 Å². The van der Waals surface area contributed by atoms with E-state index in [0.717, 1.165) is 15.8 Å². The van der Waals surface area contributed by atoms with Crippen LogP contribution in [0.5, 0.6) is 0 Å². The third kappa shape index (κ3) is 3.76. The summed E-state index contributed by atoms with van der Waals surface area (Å²) < 4.78 is 27.5. The Bertz CT molecular complexity index is 1020. The number of carbonyl (C=O) groups excluding carboxylic acids is 1. The molecule has 0 aliphatic carbocycles. The van der Waals surface area contributed by atoms with Crippen LogP contribution in [0.4, 0.5) is 4.79 Å². The lowest BCUT2D eigenvalue weighted by Gasteiger charge is -2.08. The highest BCUT2D eigenvalue weighted by Gasteiger charge is 2.23. The van der Waals surface area contributed by atoms with Gasteiger partial charge in [0.25, 0.3) is 0 Å². The van der Waals surface area contributed by atoms with E-state index >= 15 is 0 Å². The molecule has 0 saturated carbocycles. The van der Waals surface area contributed by atoms with Crippen molar-refractivity contribution in [3.8, 4) is 0 Å². The Balaban J connectivity index is 1.65. The van der Waals surface area contributed by atoms with Crippen LogP contribution in [0, 0.1) is 6.92 Å². The first-order valence-electron chi connectivity index (χ1n) is 8.21. The molecular weight excluding hydrogens is 370 g/mol. The fraction of sp³-hybridized carbons (Fsp3) is 0.278. The lowest BCUT2D eigenvalue weighted by atomic mass is 10.2. The van der Waals surface area contributed by atoms with Gasteiger partial charge >= 0.3 is 6.03 Å². The molecule has 8 heteroatoms. The Morgan fingerprint density at radius 1 is 1.15 bits per heavy atom. The summed E-state index contributed by atoms with van der Waals surface area (Å²) in [6, 6.07) is 10.9. The average Bonchev–Trinajstić information content (AvgIpc) is 3.21. The molecule has 0 bridgehead atoms. The van der Waals surface area contributed by atoms with Gasteiger partial charge in [0.15, 0.2) is 9.84 Å². The van der Waals surface area contributed by atoms with Gasteiger partial charge in [-0.15, -0.1) is 11.3 Å². The van der Waals surface area contributed by atoms with Gasteiger partial charge < -0.3 is 15.2 Å². The number of nitrogens with zero attached hydrogens (tertiary/aromatic N) is 1. The Hall–Kier alpha value is -2.32. The van der Waals surface area contributed by atoms with Crippen LogP contribution in [0.25, 0.3) is 10.9 Å². The standard InChI is InChI=1S/C18H21N3O3S2/c1-13-17(15-7-3-4-8-16(15)21(13)2)26(23,24)11-9-19-18(22)20-12-14-6-5-10-25-14/h3-8,10H,9,11-12H2,1-2H3,(H2,19,20,22). The topological polar surface area (TPSA) is 80.2 Å². The van der Waals surface area contributed by atoms with E-state index in [2.05, 4.69) is 10.6 Å². The summed E-state index contributed by atoms with van der Waals surface area (Å²) in [7, 11) is -1.66.